The lowest BCUT2D eigenvalue weighted by Gasteiger charge is -2.20. The van der Waals surface area contributed by atoms with Gasteiger partial charge in [-0.1, -0.05) is 45.2 Å². The van der Waals surface area contributed by atoms with Gasteiger partial charge in [0, 0.05) is 5.33 Å². The second-order valence-electron chi connectivity index (χ2n) is 5.03. The molecule has 0 aliphatic carbocycles. The van der Waals surface area contributed by atoms with Crippen molar-refractivity contribution < 1.29 is 8.42 Å². The number of sulfone groups is 1. The minimum Gasteiger partial charge on any atom is -0.229 e. The van der Waals surface area contributed by atoms with Gasteiger partial charge in [-0.15, -0.1) is 0 Å². The quantitative estimate of drug-likeness (QED) is 0.734. The summed E-state index contributed by atoms with van der Waals surface area (Å²) in [6, 6.07) is 5.60. The molecule has 0 radical (unpaired) electrons. The zero-order valence-corrected chi connectivity index (χ0v) is 14.2. The molecular weight excluding hydrogens is 371 g/mol. The Balaban J connectivity index is 2.09. The van der Waals surface area contributed by atoms with Gasteiger partial charge < -0.3 is 0 Å². The molecule has 0 N–H and O–H groups in total. The lowest BCUT2D eigenvalue weighted by molar-refractivity contribution is 0.402. The Morgan fingerprint density at radius 1 is 1.32 bits per heavy atom. The van der Waals surface area contributed by atoms with Gasteiger partial charge in [-0.05, 0) is 42.4 Å². The molecule has 0 bridgehead atoms. The van der Waals surface area contributed by atoms with E-state index in [4.69, 9.17) is 23.2 Å². The van der Waals surface area contributed by atoms with E-state index in [-0.39, 0.29) is 5.92 Å². The predicted octanol–water partition coefficient (Wildman–Crippen LogP) is 3.98. The summed E-state index contributed by atoms with van der Waals surface area (Å²) in [5, 5.41) is 1.89. The monoisotopic (exact) mass is 384 g/mol. The highest BCUT2D eigenvalue weighted by Crippen LogP contribution is 2.31. The van der Waals surface area contributed by atoms with E-state index in [0.29, 0.717) is 27.5 Å². The van der Waals surface area contributed by atoms with Gasteiger partial charge in [-0.3, -0.25) is 0 Å². The molecule has 0 saturated carbocycles. The summed E-state index contributed by atoms with van der Waals surface area (Å²) >= 11 is 15.4. The maximum atomic E-state index is 11.6. The zero-order valence-electron chi connectivity index (χ0n) is 10.3. The van der Waals surface area contributed by atoms with Crippen molar-refractivity contribution in [3.8, 4) is 0 Å². The van der Waals surface area contributed by atoms with Crippen LogP contribution in [0.5, 0.6) is 0 Å². The van der Waals surface area contributed by atoms with Crippen molar-refractivity contribution in [3.05, 3.63) is 33.8 Å². The molecule has 1 aromatic carbocycles. The molecule has 2 rings (SSSR count). The second-order valence-corrected chi connectivity index (χ2v) is 8.72. The Bertz CT molecular complexity index is 560. The number of benzene rings is 1. The average molecular weight is 386 g/mol. The van der Waals surface area contributed by atoms with Crippen LogP contribution in [0, 0.1) is 11.8 Å². The maximum Gasteiger partial charge on any atom is 0.150 e. The first-order valence-electron chi connectivity index (χ1n) is 6.11. The number of rotatable bonds is 4. The third-order valence-corrected chi connectivity index (χ3v) is 6.98. The number of halogens is 3. The van der Waals surface area contributed by atoms with Crippen LogP contribution >= 0.6 is 39.1 Å². The molecule has 2 nitrogen and oxygen atoms in total. The first-order valence-corrected chi connectivity index (χ1v) is 9.81. The van der Waals surface area contributed by atoms with Crippen molar-refractivity contribution in [2.24, 2.45) is 11.8 Å². The van der Waals surface area contributed by atoms with Gasteiger partial charge in [-0.2, -0.15) is 0 Å². The van der Waals surface area contributed by atoms with E-state index < -0.39 is 9.84 Å². The van der Waals surface area contributed by atoms with Gasteiger partial charge >= 0.3 is 0 Å². The van der Waals surface area contributed by atoms with E-state index >= 15 is 0 Å². The highest BCUT2D eigenvalue weighted by atomic mass is 79.9. The van der Waals surface area contributed by atoms with Gasteiger partial charge in [0.2, 0.25) is 0 Å². The Labute approximate surface area is 132 Å². The molecule has 1 aliphatic rings. The molecule has 2 unspecified atom stereocenters. The summed E-state index contributed by atoms with van der Waals surface area (Å²) in [6.45, 7) is 0. The smallest absolute Gasteiger partial charge is 0.150 e. The van der Waals surface area contributed by atoms with E-state index in [9.17, 15) is 8.42 Å². The van der Waals surface area contributed by atoms with E-state index in [1.54, 1.807) is 6.07 Å². The van der Waals surface area contributed by atoms with E-state index in [1.807, 2.05) is 12.1 Å². The standard InChI is InChI=1S/C13H15BrCl2O2S/c14-7-11(10-3-4-19(17,18)8-10)5-9-1-2-12(15)13(16)6-9/h1-2,6,10-11H,3-5,7-8H2. The fourth-order valence-corrected chi connectivity index (χ4v) is 5.51. The molecule has 1 saturated heterocycles. The molecule has 0 spiro atoms. The van der Waals surface area contributed by atoms with Gasteiger partial charge in [0.15, 0.2) is 9.84 Å². The van der Waals surface area contributed by atoms with Crippen LogP contribution in [-0.4, -0.2) is 25.3 Å². The topological polar surface area (TPSA) is 34.1 Å². The summed E-state index contributed by atoms with van der Waals surface area (Å²) < 4.78 is 23.1. The highest BCUT2D eigenvalue weighted by molar-refractivity contribution is 9.09. The molecule has 19 heavy (non-hydrogen) atoms. The normalized spacial score (nSPS) is 23.4. The third kappa shape index (κ3) is 4.10. The molecule has 2 atom stereocenters. The van der Waals surface area contributed by atoms with Crippen LogP contribution in [0.1, 0.15) is 12.0 Å². The number of alkyl halides is 1. The number of hydrogen-bond donors (Lipinski definition) is 0. The van der Waals surface area contributed by atoms with Crippen LogP contribution in [0.2, 0.25) is 10.0 Å². The molecule has 1 aliphatic heterocycles. The van der Waals surface area contributed by atoms with E-state index in [0.717, 1.165) is 23.7 Å². The van der Waals surface area contributed by atoms with Crippen LogP contribution in [0.4, 0.5) is 0 Å². The molecule has 0 amide bonds. The molecular formula is C13H15BrCl2O2S. The van der Waals surface area contributed by atoms with E-state index in [2.05, 4.69) is 15.9 Å². The molecule has 1 aromatic rings. The number of hydrogen-bond acceptors (Lipinski definition) is 2. The maximum absolute atomic E-state index is 11.6. The lowest BCUT2D eigenvalue weighted by Crippen LogP contribution is -2.20. The van der Waals surface area contributed by atoms with Crippen molar-refractivity contribution in [1.29, 1.82) is 0 Å². The summed E-state index contributed by atoms with van der Waals surface area (Å²) in [7, 11) is -2.83. The van der Waals surface area contributed by atoms with Gasteiger partial charge in [-0.25, -0.2) is 8.42 Å². The summed E-state index contributed by atoms with van der Waals surface area (Å²) in [5.74, 6) is 1.18. The largest absolute Gasteiger partial charge is 0.229 e. The molecule has 1 fully saturated rings. The van der Waals surface area contributed by atoms with Crippen LogP contribution in [0.25, 0.3) is 0 Å². The van der Waals surface area contributed by atoms with Crippen molar-refractivity contribution in [1.82, 2.24) is 0 Å². The SMILES string of the molecule is O=S1(=O)CCC(C(CBr)Cc2ccc(Cl)c(Cl)c2)C1. The first-order chi connectivity index (χ1) is 8.91. The third-order valence-electron chi connectivity index (χ3n) is 3.61. The Morgan fingerprint density at radius 2 is 2.05 bits per heavy atom. The summed E-state index contributed by atoms with van der Waals surface area (Å²) in [4.78, 5) is 0. The second kappa shape index (κ2) is 6.33. The molecule has 1 heterocycles. The molecule has 0 aromatic heterocycles. The van der Waals surface area contributed by atoms with Crippen LogP contribution in [0.15, 0.2) is 18.2 Å². The van der Waals surface area contributed by atoms with Crippen molar-refractivity contribution in [3.63, 3.8) is 0 Å². The molecule has 106 valence electrons. The minimum absolute atomic E-state index is 0.235. The van der Waals surface area contributed by atoms with Gasteiger partial charge in [0.25, 0.3) is 0 Å². The first kappa shape index (κ1) is 15.6. The van der Waals surface area contributed by atoms with Crippen LogP contribution in [-0.2, 0) is 16.3 Å². The van der Waals surface area contributed by atoms with E-state index in [1.165, 1.54) is 0 Å². The Hall–Kier alpha value is 0.230. The lowest BCUT2D eigenvalue weighted by atomic mass is 9.88. The van der Waals surface area contributed by atoms with Crippen molar-refractivity contribution >= 4 is 49.0 Å². The predicted molar refractivity (Wildman–Crippen MR) is 84.2 cm³/mol. The Morgan fingerprint density at radius 3 is 2.58 bits per heavy atom. The van der Waals surface area contributed by atoms with Crippen molar-refractivity contribution in [2.75, 3.05) is 16.8 Å². The minimum atomic E-state index is -2.83. The Kier molecular flexibility index (Phi) is 5.21. The summed E-state index contributed by atoms with van der Waals surface area (Å²) in [6.07, 6.45) is 1.59. The fraction of sp³-hybridized carbons (Fsp3) is 0.538. The van der Waals surface area contributed by atoms with Gasteiger partial charge in [0.05, 0.1) is 21.6 Å². The summed E-state index contributed by atoms with van der Waals surface area (Å²) in [5.41, 5.74) is 1.10. The van der Waals surface area contributed by atoms with Crippen molar-refractivity contribution in [2.45, 2.75) is 12.8 Å². The fourth-order valence-electron chi connectivity index (χ4n) is 2.51. The zero-order chi connectivity index (χ0) is 14.0. The van der Waals surface area contributed by atoms with Gasteiger partial charge in [0.1, 0.15) is 0 Å². The molecule has 6 heteroatoms. The van der Waals surface area contributed by atoms with Crippen LogP contribution in [0.3, 0.4) is 0 Å². The van der Waals surface area contributed by atoms with Crippen LogP contribution < -0.4 is 0 Å². The average Bonchev–Trinajstić information content (AvgIpc) is 2.71. The highest BCUT2D eigenvalue weighted by Gasteiger charge is 2.33.